The van der Waals surface area contributed by atoms with Gasteiger partial charge in [0.25, 0.3) is 0 Å². The summed E-state index contributed by atoms with van der Waals surface area (Å²) in [4.78, 5) is 17.0. The lowest BCUT2D eigenvalue weighted by molar-refractivity contribution is -0.914. The Morgan fingerprint density at radius 3 is 2.64 bits per heavy atom. The lowest BCUT2D eigenvalue weighted by atomic mass is 9.84. The van der Waals surface area contributed by atoms with Crippen molar-refractivity contribution >= 4 is 12.2 Å². The number of quaternary nitrogens is 1. The second kappa shape index (κ2) is 16.7. The van der Waals surface area contributed by atoms with E-state index in [9.17, 15) is 20.1 Å². The van der Waals surface area contributed by atoms with Crippen LogP contribution in [-0.4, -0.2) is 95.4 Å². The molecule has 9 heteroatoms. The van der Waals surface area contributed by atoms with Crippen LogP contribution >= 0.6 is 0 Å². The van der Waals surface area contributed by atoms with Crippen LogP contribution in [0.15, 0.2) is 4.99 Å². The number of nitrogens with zero attached hydrogens (tertiary/aromatic N) is 1. The van der Waals surface area contributed by atoms with Gasteiger partial charge in [-0.1, -0.05) is 39.0 Å². The first kappa shape index (κ1) is 31.1. The minimum absolute atomic E-state index is 0.109. The Hall–Kier alpha value is -1.10. The van der Waals surface area contributed by atoms with E-state index >= 15 is 0 Å². The van der Waals surface area contributed by atoms with Gasteiger partial charge < -0.3 is 36.0 Å². The second-order valence-corrected chi connectivity index (χ2v) is 11.2. The number of likely N-dealkylation sites (N-methyl/N-ethyl adjacent to an activating group) is 1. The number of unbranched alkanes of at least 4 members (excludes halogenated alkanes) is 3. The van der Waals surface area contributed by atoms with E-state index in [1.165, 1.54) is 4.90 Å². The minimum Gasteiger partial charge on any atom is -0.481 e. The van der Waals surface area contributed by atoms with E-state index in [-0.39, 0.29) is 25.2 Å². The SMILES string of the molecule is CCNC[C@@](O)(CCCCCC[C@H](CCCO)CC[C@H]1N[C@@H](C)[C@H](O)C[C@@H]1[NH+]1CC=NC1)CC(=O)O. The molecular formula is C27H53N4O5+. The molecule has 0 aliphatic carbocycles. The molecule has 7 atom stereocenters. The Morgan fingerprint density at radius 2 is 1.97 bits per heavy atom. The third kappa shape index (κ3) is 11.1. The van der Waals surface area contributed by atoms with Crippen molar-refractivity contribution in [3.8, 4) is 0 Å². The highest BCUT2D eigenvalue weighted by molar-refractivity contribution is 5.68. The Morgan fingerprint density at radius 1 is 1.22 bits per heavy atom. The molecule has 0 aromatic heterocycles. The molecule has 0 saturated carbocycles. The maximum absolute atomic E-state index is 11.1. The smallest absolute Gasteiger partial charge is 0.306 e. The Labute approximate surface area is 217 Å². The second-order valence-electron chi connectivity index (χ2n) is 11.2. The highest BCUT2D eigenvalue weighted by Gasteiger charge is 2.40. The fraction of sp³-hybridized carbons (Fsp3) is 0.926. The van der Waals surface area contributed by atoms with Crippen LogP contribution in [0, 0.1) is 5.92 Å². The molecule has 2 heterocycles. The van der Waals surface area contributed by atoms with E-state index in [0.29, 0.717) is 37.5 Å². The van der Waals surface area contributed by atoms with Gasteiger partial charge in [0.2, 0.25) is 0 Å². The summed E-state index contributed by atoms with van der Waals surface area (Å²) in [5, 5.41) is 46.4. The Bertz CT molecular complexity index is 644. The Kier molecular flexibility index (Phi) is 14.4. The molecule has 0 bridgehead atoms. The van der Waals surface area contributed by atoms with Crippen LogP contribution in [0.25, 0.3) is 0 Å². The number of carboxylic acids is 1. The third-order valence-corrected chi connectivity index (χ3v) is 8.18. The van der Waals surface area contributed by atoms with E-state index in [2.05, 4.69) is 22.5 Å². The van der Waals surface area contributed by atoms with Crippen molar-refractivity contribution in [1.29, 1.82) is 0 Å². The van der Waals surface area contributed by atoms with Gasteiger partial charge >= 0.3 is 5.97 Å². The van der Waals surface area contributed by atoms with Crippen molar-refractivity contribution < 1.29 is 30.1 Å². The third-order valence-electron chi connectivity index (χ3n) is 8.18. The zero-order valence-corrected chi connectivity index (χ0v) is 22.6. The number of aliphatic hydroxyl groups is 3. The Balaban J connectivity index is 1.76. The largest absolute Gasteiger partial charge is 0.481 e. The molecule has 36 heavy (non-hydrogen) atoms. The summed E-state index contributed by atoms with van der Waals surface area (Å²) in [6.45, 7) is 7.01. The number of aliphatic carboxylic acids is 1. The molecule has 210 valence electrons. The number of piperidine rings is 1. The predicted molar refractivity (Wildman–Crippen MR) is 142 cm³/mol. The zero-order chi connectivity index (χ0) is 26.4. The standard InChI is InChI=1S/C27H52N4O5/c1-3-28-19-27(36,18-26(34)35)13-7-5-4-6-9-22(10-8-16-32)11-12-23-24(31-15-14-29-20-31)17-25(33)21(2)30-23/h14,21-25,28,30,32-33,36H,3-13,15-20H2,1-2H3,(H,34,35)/p+1/t21-,22+,23+,24-,25+,27+/m0/s1. The number of carbonyl (C=O) groups is 1. The maximum atomic E-state index is 11.1. The summed E-state index contributed by atoms with van der Waals surface area (Å²) in [6, 6.07) is 0.863. The first-order chi connectivity index (χ1) is 17.3. The number of aliphatic hydroxyl groups excluding tert-OH is 2. The number of hydrogen-bond acceptors (Lipinski definition) is 7. The molecule has 9 nitrogen and oxygen atoms in total. The topological polar surface area (TPSA) is 139 Å². The van der Waals surface area contributed by atoms with E-state index < -0.39 is 11.6 Å². The van der Waals surface area contributed by atoms with Crippen LogP contribution in [0.4, 0.5) is 0 Å². The minimum atomic E-state index is -1.18. The predicted octanol–water partition coefficient (Wildman–Crippen LogP) is 0.718. The summed E-state index contributed by atoms with van der Waals surface area (Å²) in [5.74, 6) is -0.385. The first-order valence-electron chi connectivity index (χ1n) is 14.3. The summed E-state index contributed by atoms with van der Waals surface area (Å²) in [7, 11) is 0. The van der Waals surface area contributed by atoms with Crippen molar-refractivity contribution in [3.05, 3.63) is 0 Å². The van der Waals surface area contributed by atoms with Gasteiger partial charge in [0, 0.05) is 25.6 Å². The zero-order valence-electron chi connectivity index (χ0n) is 22.6. The fourth-order valence-corrected chi connectivity index (χ4v) is 5.97. The first-order valence-corrected chi connectivity index (χ1v) is 14.3. The molecule has 0 amide bonds. The molecule has 2 aliphatic rings. The van der Waals surface area contributed by atoms with Crippen molar-refractivity contribution in [2.45, 2.75) is 121 Å². The summed E-state index contributed by atoms with van der Waals surface area (Å²) >= 11 is 0. The highest BCUT2D eigenvalue weighted by Crippen LogP contribution is 2.26. The van der Waals surface area contributed by atoms with Crippen molar-refractivity contribution in [2.75, 3.05) is 32.9 Å². The average molecular weight is 514 g/mol. The van der Waals surface area contributed by atoms with E-state index in [0.717, 1.165) is 77.4 Å². The van der Waals surface area contributed by atoms with Gasteiger partial charge in [-0.05, 0) is 51.5 Å². The van der Waals surface area contributed by atoms with Crippen LogP contribution in [0.2, 0.25) is 0 Å². The molecule has 0 radical (unpaired) electrons. The van der Waals surface area contributed by atoms with Gasteiger partial charge in [0.05, 0.1) is 30.4 Å². The molecule has 2 rings (SSSR count). The molecular weight excluding hydrogens is 460 g/mol. The molecule has 1 fully saturated rings. The van der Waals surface area contributed by atoms with Gasteiger partial charge in [-0.3, -0.25) is 4.79 Å². The van der Waals surface area contributed by atoms with Gasteiger partial charge in [-0.25, -0.2) is 4.99 Å². The average Bonchev–Trinajstić information content (AvgIpc) is 3.37. The summed E-state index contributed by atoms with van der Waals surface area (Å²) in [5.41, 5.74) is -1.18. The molecule has 1 unspecified atom stereocenters. The van der Waals surface area contributed by atoms with Crippen LogP contribution < -0.4 is 15.5 Å². The normalized spacial score (nSPS) is 28.8. The number of rotatable bonds is 19. The lowest BCUT2D eigenvalue weighted by Gasteiger charge is -2.41. The molecule has 0 spiro atoms. The van der Waals surface area contributed by atoms with Crippen LogP contribution in [0.1, 0.15) is 90.9 Å². The summed E-state index contributed by atoms with van der Waals surface area (Å²) in [6.07, 6.45) is 12.0. The van der Waals surface area contributed by atoms with Crippen molar-refractivity contribution in [3.63, 3.8) is 0 Å². The fourth-order valence-electron chi connectivity index (χ4n) is 5.97. The van der Waals surface area contributed by atoms with Crippen LogP contribution in [0.5, 0.6) is 0 Å². The molecule has 1 saturated heterocycles. The van der Waals surface area contributed by atoms with E-state index in [1.807, 2.05) is 13.1 Å². The monoisotopic (exact) mass is 513 g/mol. The molecule has 2 aliphatic heterocycles. The molecule has 0 aromatic carbocycles. The number of carboxylic acid groups (broad SMARTS) is 1. The number of nitrogens with one attached hydrogen (secondary N) is 3. The quantitative estimate of drug-likeness (QED) is 0.126. The van der Waals surface area contributed by atoms with Crippen LogP contribution in [-0.2, 0) is 4.79 Å². The molecule has 7 N–H and O–H groups in total. The van der Waals surface area contributed by atoms with Crippen molar-refractivity contribution in [2.24, 2.45) is 10.9 Å². The van der Waals surface area contributed by atoms with Crippen molar-refractivity contribution in [1.82, 2.24) is 10.6 Å². The number of aliphatic imine (C=N–C) groups is 1. The number of hydrogen-bond donors (Lipinski definition) is 7. The van der Waals surface area contributed by atoms with E-state index in [1.54, 1.807) is 0 Å². The summed E-state index contributed by atoms with van der Waals surface area (Å²) < 4.78 is 0. The molecule has 0 aromatic rings. The van der Waals surface area contributed by atoms with Gasteiger partial charge in [-0.2, -0.15) is 0 Å². The van der Waals surface area contributed by atoms with Gasteiger partial charge in [0.15, 0.2) is 6.67 Å². The maximum Gasteiger partial charge on any atom is 0.306 e. The van der Waals surface area contributed by atoms with Crippen LogP contribution in [0.3, 0.4) is 0 Å². The van der Waals surface area contributed by atoms with E-state index in [4.69, 9.17) is 5.11 Å². The lowest BCUT2D eigenvalue weighted by Crippen LogP contribution is -3.16. The van der Waals surface area contributed by atoms with Gasteiger partial charge in [0.1, 0.15) is 12.6 Å². The van der Waals surface area contributed by atoms with Gasteiger partial charge in [-0.15, -0.1) is 0 Å². The highest BCUT2D eigenvalue weighted by atomic mass is 16.4.